The Kier molecular flexibility index (Phi) is 5.45. The molecule has 0 saturated carbocycles. The van der Waals surface area contributed by atoms with Crippen LogP contribution in [-0.2, 0) is 6.54 Å². The van der Waals surface area contributed by atoms with Crippen LogP contribution in [0.3, 0.4) is 0 Å². The predicted octanol–water partition coefficient (Wildman–Crippen LogP) is 3.14. The zero-order valence-corrected chi connectivity index (χ0v) is 14.3. The third kappa shape index (κ3) is 4.64. The normalized spacial score (nSPS) is 22.2. The fourth-order valence-corrected chi connectivity index (χ4v) is 3.30. The van der Waals surface area contributed by atoms with Crippen LogP contribution in [0.25, 0.3) is 0 Å². The van der Waals surface area contributed by atoms with Crippen LogP contribution in [0.15, 0.2) is 18.5 Å². The first-order chi connectivity index (χ1) is 11.1. The molecule has 2 atom stereocenters. The van der Waals surface area contributed by atoms with Crippen LogP contribution < -0.4 is 5.32 Å². The lowest BCUT2D eigenvalue weighted by Gasteiger charge is -2.44. The fraction of sp³-hybridized carbons (Fsp3) is 0.750. The molecule has 1 aliphatic heterocycles. The standard InChI is InChI=1S/C16H25F3N4O/c1-12(10-23-7-4-6-21-23)9-20-14(24)22-8-5-13(16(17,18)19)15(2,3)11-22/h4,6-7,12-13H,5,8-11H2,1-3H3,(H,20,24)/t12-,13-/m0/s1. The van der Waals surface area contributed by atoms with Gasteiger partial charge in [0.2, 0.25) is 0 Å². The molecule has 0 aliphatic carbocycles. The van der Waals surface area contributed by atoms with Crippen molar-refractivity contribution >= 4 is 6.03 Å². The molecule has 5 nitrogen and oxygen atoms in total. The van der Waals surface area contributed by atoms with E-state index in [1.165, 1.54) is 4.90 Å². The third-order valence-corrected chi connectivity index (χ3v) is 4.57. The van der Waals surface area contributed by atoms with E-state index in [-0.39, 0.29) is 31.5 Å². The molecule has 24 heavy (non-hydrogen) atoms. The Hall–Kier alpha value is -1.73. The predicted molar refractivity (Wildman–Crippen MR) is 84.3 cm³/mol. The van der Waals surface area contributed by atoms with E-state index >= 15 is 0 Å². The molecule has 8 heteroatoms. The molecule has 0 spiro atoms. The Morgan fingerprint density at radius 3 is 2.71 bits per heavy atom. The van der Waals surface area contributed by atoms with Gasteiger partial charge >= 0.3 is 12.2 Å². The monoisotopic (exact) mass is 346 g/mol. The first-order valence-corrected chi connectivity index (χ1v) is 8.16. The molecule has 1 aromatic rings. The molecule has 1 fully saturated rings. The second-order valence-electron chi connectivity index (χ2n) is 7.31. The van der Waals surface area contributed by atoms with Crippen molar-refractivity contribution in [3.8, 4) is 0 Å². The van der Waals surface area contributed by atoms with Crippen molar-refractivity contribution in [2.45, 2.75) is 39.9 Å². The Bertz CT molecular complexity index is 542. The molecule has 0 bridgehead atoms. The maximum Gasteiger partial charge on any atom is 0.392 e. The minimum Gasteiger partial charge on any atom is -0.338 e. The second-order valence-corrected chi connectivity index (χ2v) is 7.31. The molecule has 0 unspecified atom stereocenters. The van der Waals surface area contributed by atoms with E-state index in [9.17, 15) is 18.0 Å². The van der Waals surface area contributed by atoms with Crippen molar-refractivity contribution in [2.75, 3.05) is 19.6 Å². The Labute approximate surface area is 140 Å². The number of alkyl halides is 3. The average molecular weight is 346 g/mol. The molecule has 2 rings (SSSR count). The number of hydrogen-bond acceptors (Lipinski definition) is 2. The molecule has 2 heterocycles. The van der Waals surface area contributed by atoms with Gasteiger partial charge in [-0.25, -0.2) is 4.79 Å². The highest BCUT2D eigenvalue weighted by atomic mass is 19.4. The van der Waals surface area contributed by atoms with Gasteiger partial charge in [-0.15, -0.1) is 0 Å². The maximum atomic E-state index is 13.1. The van der Waals surface area contributed by atoms with Crippen molar-refractivity contribution in [2.24, 2.45) is 17.3 Å². The smallest absolute Gasteiger partial charge is 0.338 e. The summed E-state index contributed by atoms with van der Waals surface area (Å²) in [5, 5.41) is 6.93. The molecule has 1 N–H and O–H groups in total. The Morgan fingerprint density at radius 2 is 2.17 bits per heavy atom. The molecule has 1 saturated heterocycles. The zero-order chi connectivity index (χ0) is 18.0. The van der Waals surface area contributed by atoms with Gasteiger partial charge in [-0.2, -0.15) is 18.3 Å². The summed E-state index contributed by atoms with van der Waals surface area (Å²) in [5.41, 5.74) is -0.978. The van der Waals surface area contributed by atoms with Crippen molar-refractivity contribution in [3.63, 3.8) is 0 Å². The number of amides is 2. The molecule has 136 valence electrons. The summed E-state index contributed by atoms with van der Waals surface area (Å²) in [6.45, 7) is 6.51. The number of urea groups is 1. The number of carbonyl (C=O) groups excluding carboxylic acids is 1. The Morgan fingerprint density at radius 1 is 1.46 bits per heavy atom. The topological polar surface area (TPSA) is 50.2 Å². The second kappa shape index (κ2) is 7.03. The summed E-state index contributed by atoms with van der Waals surface area (Å²) < 4.78 is 41.0. The highest BCUT2D eigenvalue weighted by molar-refractivity contribution is 5.74. The number of piperidine rings is 1. The number of hydrogen-bond donors (Lipinski definition) is 1. The molecule has 0 radical (unpaired) electrons. The van der Waals surface area contributed by atoms with E-state index in [1.54, 1.807) is 24.7 Å². The lowest BCUT2D eigenvalue weighted by Crippen LogP contribution is -2.54. The van der Waals surface area contributed by atoms with Gasteiger partial charge in [0.15, 0.2) is 0 Å². The number of nitrogens with zero attached hydrogens (tertiary/aromatic N) is 3. The van der Waals surface area contributed by atoms with Crippen LogP contribution in [0.2, 0.25) is 0 Å². The van der Waals surface area contributed by atoms with Gasteiger partial charge in [-0.1, -0.05) is 20.8 Å². The molecule has 1 aliphatic rings. The van der Waals surface area contributed by atoms with Crippen LogP contribution in [-0.4, -0.2) is 46.5 Å². The van der Waals surface area contributed by atoms with Gasteiger partial charge in [-0.3, -0.25) is 4.68 Å². The first-order valence-electron chi connectivity index (χ1n) is 8.16. The van der Waals surface area contributed by atoms with Gasteiger partial charge in [-0.05, 0) is 23.8 Å². The van der Waals surface area contributed by atoms with Crippen molar-refractivity contribution in [1.82, 2.24) is 20.0 Å². The number of nitrogens with one attached hydrogen (secondary N) is 1. The van der Waals surface area contributed by atoms with Gasteiger partial charge in [0.05, 0.1) is 5.92 Å². The summed E-state index contributed by atoms with van der Waals surface area (Å²) in [6, 6.07) is 1.54. The minimum absolute atomic E-state index is 0.0488. The van der Waals surface area contributed by atoms with Gasteiger partial charge in [0, 0.05) is 38.6 Å². The quantitative estimate of drug-likeness (QED) is 0.911. The number of rotatable bonds is 4. The molecule has 0 aromatic carbocycles. The highest BCUT2D eigenvalue weighted by Crippen LogP contribution is 2.44. The number of likely N-dealkylation sites (tertiary alicyclic amines) is 1. The van der Waals surface area contributed by atoms with E-state index in [2.05, 4.69) is 10.4 Å². The molecular weight excluding hydrogens is 321 g/mol. The summed E-state index contributed by atoms with van der Waals surface area (Å²) >= 11 is 0. The van der Waals surface area contributed by atoms with Gasteiger partial charge < -0.3 is 10.2 Å². The van der Waals surface area contributed by atoms with Crippen molar-refractivity contribution in [1.29, 1.82) is 0 Å². The van der Waals surface area contributed by atoms with E-state index in [0.29, 0.717) is 13.1 Å². The van der Waals surface area contributed by atoms with Crippen LogP contribution in [0.5, 0.6) is 0 Å². The van der Waals surface area contributed by atoms with E-state index in [4.69, 9.17) is 0 Å². The lowest BCUT2D eigenvalue weighted by molar-refractivity contribution is -0.214. The third-order valence-electron chi connectivity index (χ3n) is 4.57. The lowest BCUT2D eigenvalue weighted by atomic mass is 9.73. The number of carbonyl (C=O) groups is 1. The zero-order valence-electron chi connectivity index (χ0n) is 14.3. The summed E-state index contributed by atoms with van der Waals surface area (Å²) in [5.74, 6) is -1.19. The molecular formula is C16H25F3N4O. The fourth-order valence-electron chi connectivity index (χ4n) is 3.30. The number of aromatic nitrogens is 2. The SMILES string of the molecule is C[C@@H](CNC(=O)N1CC[C@H](C(F)(F)F)C(C)(C)C1)Cn1cccn1. The molecule has 2 amide bonds. The summed E-state index contributed by atoms with van der Waals surface area (Å²) in [6.07, 6.45) is -0.724. The molecule has 1 aromatic heterocycles. The summed E-state index contributed by atoms with van der Waals surface area (Å²) in [7, 11) is 0. The summed E-state index contributed by atoms with van der Waals surface area (Å²) in [4.78, 5) is 13.7. The van der Waals surface area contributed by atoms with Gasteiger partial charge in [0.1, 0.15) is 0 Å². The van der Waals surface area contributed by atoms with E-state index in [1.807, 2.05) is 19.2 Å². The average Bonchev–Trinajstić information content (AvgIpc) is 2.95. The van der Waals surface area contributed by atoms with Crippen molar-refractivity contribution in [3.05, 3.63) is 18.5 Å². The first kappa shape index (κ1) is 18.6. The van der Waals surface area contributed by atoms with Crippen LogP contribution >= 0.6 is 0 Å². The van der Waals surface area contributed by atoms with E-state index < -0.39 is 17.5 Å². The number of halogens is 3. The Balaban J connectivity index is 1.83. The van der Waals surface area contributed by atoms with Crippen molar-refractivity contribution < 1.29 is 18.0 Å². The van der Waals surface area contributed by atoms with Gasteiger partial charge in [0.25, 0.3) is 0 Å². The van der Waals surface area contributed by atoms with Crippen LogP contribution in [0.4, 0.5) is 18.0 Å². The van der Waals surface area contributed by atoms with E-state index in [0.717, 1.165) is 0 Å². The largest absolute Gasteiger partial charge is 0.392 e. The van der Waals surface area contributed by atoms with Crippen LogP contribution in [0.1, 0.15) is 27.2 Å². The van der Waals surface area contributed by atoms with Crippen LogP contribution in [0, 0.1) is 17.3 Å². The highest BCUT2D eigenvalue weighted by Gasteiger charge is 2.51. The maximum absolute atomic E-state index is 13.1. The minimum atomic E-state index is -4.22.